The van der Waals surface area contributed by atoms with Gasteiger partial charge in [0.05, 0.1) is 10.6 Å². The van der Waals surface area contributed by atoms with Crippen LogP contribution in [0.4, 0.5) is 9.93 Å². The van der Waals surface area contributed by atoms with Crippen LogP contribution in [0.15, 0.2) is 12.3 Å². The van der Waals surface area contributed by atoms with Gasteiger partial charge in [0.15, 0.2) is 10.9 Å². The second-order valence-electron chi connectivity index (χ2n) is 6.09. The lowest BCUT2D eigenvalue weighted by Gasteiger charge is -2.23. The van der Waals surface area contributed by atoms with Crippen molar-refractivity contribution in [1.29, 1.82) is 0 Å². The Hall–Kier alpha value is -1.89. The third kappa shape index (κ3) is 5.14. The van der Waals surface area contributed by atoms with Gasteiger partial charge in [0, 0.05) is 33.4 Å². The van der Waals surface area contributed by atoms with E-state index in [2.05, 4.69) is 4.98 Å². The molecule has 6 nitrogen and oxygen atoms in total. The SMILES string of the molecule is Cc1nc(N(C)C(=O)OC(C)(C)C)sc1C(=O)C=CN(C)C. The second-order valence-corrected chi connectivity index (χ2v) is 7.07. The van der Waals surface area contributed by atoms with Gasteiger partial charge in [0.2, 0.25) is 0 Å². The molecule has 1 heterocycles. The van der Waals surface area contributed by atoms with Gasteiger partial charge in [0.25, 0.3) is 0 Å². The first-order valence-electron chi connectivity index (χ1n) is 6.84. The molecular weight excluding hydrogens is 302 g/mol. The molecule has 1 amide bonds. The molecule has 0 atom stereocenters. The molecule has 1 aromatic heterocycles. The monoisotopic (exact) mass is 325 g/mol. The molecule has 22 heavy (non-hydrogen) atoms. The van der Waals surface area contributed by atoms with Gasteiger partial charge in [-0.3, -0.25) is 9.69 Å². The lowest BCUT2D eigenvalue weighted by molar-refractivity contribution is 0.0589. The summed E-state index contributed by atoms with van der Waals surface area (Å²) in [7, 11) is 5.26. The second kappa shape index (κ2) is 6.91. The van der Waals surface area contributed by atoms with Crippen LogP contribution in [0.2, 0.25) is 0 Å². The number of aryl methyl sites for hydroxylation is 1. The highest BCUT2D eigenvalue weighted by Gasteiger charge is 2.24. The van der Waals surface area contributed by atoms with E-state index in [0.717, 1.165) is 0 Å². The predicted octanol–water partition coefficient (Wildman–Crippen LogP) is 3.08. The fourth-order valence-electron chi connectivity index (χ4n) is 1.46. The zero-order valence-electron chi connectivity index (χ0n) is 14.1. The number of ketones is 1. The van der Waals surface area contributed by atoms with Crippen molar-refractivity contribution in [3.63, 3.8) is 0 Å². The molecular formula is C15H23N3O3S. The van der Waals surface area contributed by atoms with Gasteiger partial charge in [-0.15, -0.1) is 0 Å². The molecule has 1 aromatic rings. The van der Waals surface area contributed by atoms with Gasteiger partial charge in [-0.25, -0.2) is 9.78 Å². The van der Waals surface area contributed by atoms with Crippen LogP contribution in [0.3, 0.4) is 0 Å². The molecule has 0 aliphatic carbocycles. The molecule has 1 rings (SSSR count). The van der Waals surface area contributed by atoms with Crippen LogP contribution >= 0.6 is 11.3 Å². The van der Waals surface area contributed by atoms with Crippen LogP contribution in [0.25, 0.3) is 0 Å². The largest absolute Gasteiger partial charge is 0.443 e. The third-order valence-corrected chi connectivity index (χ3v) is 3.74. The zero-order chi connectivity index (χ0) is 17.1. The maximum atomic E-state index is 12.1. The van der Waals surface area contributed by atoms with Gasteiger partial charge in [-0.1, -0.05) is 11.3 Å². The van der Waals surface area contributed by atoms with E-state index in [1.165, 1.54) is 22.3 Å². The lowest BCUT2D eigenvalue weighted by atomic mass is 10.2. The predicted molar refractivity (Wildman–Crippen MR) is 88.6 cm³/mol. The quantitative estimate of drug-likeness (QED) is 0.629. The minimum Gasteiger partial charge on any atom is -0.443 e. The van der Waals surface area contributed by atoms with Crippen LogP contribution in [0, 0.1) is 6.92 Å². The molecule has 0 saturated carbocycles. The Morgan fingerprint density at radius 2 is 1.82 bits per heavy atom. The van der Waals surface area contributed by atoms with E-state index in [0.29, 0.717) is 15.7 Å². The Labute approximate surface area is 135 Å². The molecule has 0 N–H and O–H groups in total. The van der Waals surface area contributed by atoms with Crippen molar-refractivity contribution in [3.8, 4) is 0 Å². The first-order valence-corrected chi connectivity index (χ1v) is 7.66. The number of carbonyl (C=O) groups excluding carboxylic acids is 2. The molecule has 0 aromatic carbocycles. The zero-order valence-corrected chi connectivity index (χ0v) is 14.9. The topological polar surface area (TPSA) is 62.7 Å². The maximum absolute atomic E-state index is 12.1. The van der Waals surface area contributed by atoms with Gasteiger partial charge in [-0.05, 0) is 27.7 Å². The van der Waals surface area contributed by atoms with Crippen molar-refractivity contribution >= 4 is 28.3 Å². The molecule has 0 bridgehead atoms. The lowest BCUT2D eigenvalue weighted by Crippen LogP contribution is -2.34. The van der Waals surface area contributed by atoms with E-state index < -0.39 is 11.7 Å². The van der Waals surface area contributed by atoms with E-state index in [1.807, 2.05) is 14.1 Å². The minimum atomic E-state index is -0.579. The van der Waals surface area contributed by atoms with Crippen molar-refractivity contribution in [3.05, 3.63) is 22.8 Å². The highest BCUT2D eigenvalue weighted by Crippen LogP contribution is 2.27. The molecule has 0 aliphatic rings. The standard InChI is InChI=1S/C15H23N3O3S/c1-10-12(11(19)8-9-17(5)6)22-13(16-10)18(7)14(20)21-15(2,3)4/h8-9H,1-7H3. The smallest absolute Gasteiger partial charge is 0.416 e. The molecule has 7 heteroatoms. The van der Waals surface area contributed by atoms with Gasteiger partial charge < -0.3 is 9.64 Å². The summed E-state index contributed by atoms with van der Waals surface area (Å²) in [5, 5.41) is 0.438. The van der Waals surface area contributed by atoms with Crippen LogP contribution in [-0.4, -0.2) is 48.5 Å². The van der Waals surface area contributed by atoms with Crippen molar-refractivity contribution in [2.75, 3.05) is 26.0 Å². The van der Waals surface area contributed by atoms with E-state index in [-0.39, 0.29) is 5.78 Å². The average Bonchev–Trinajstić information content (AvgIpc) is 2.75. The number of thiazole rings is 1. The molecule has 0 fully saturated rings. The van der Waals surface area contributed by atoms with Crippen molar-refractivity contribution < 1.29 is 14.3 Å². The fraction of sp³-hybridized carbons (Fsp3) is 0.533. The summed E-state index contributed by atoms with van der Waals surface area (Å²) in [6.07, 6.45) is 2.67. The number of rotatable bonds is 4. The number of amides is 1. The number of hydrogen-bond acceptors (Lipinski definition) is 6. The number of allylic oxidation sites excluding steroid dienone is 1. The van der Waals surface area contributed by atoms with Gasteiger partial charge >= 0.3 is 6.09 Å². The van der Waals surface area contributed by atoms with Crippen LogP contribution in [-0.2, 0) is 4.74 Å². The Morgan fingerprint density at radius 3 is 2.32 bits per heavy atom. The molecule has 0 radical (unpaired) electrons. The van der Waals surface area contributed by atoms with E-state index >= 15 is 0 Å². The molecule has 0 aliphatic heterocycles. The first kappa shape index (κ1) is 18.2. The summed E-state index contributed by atoms with van der Waals surface area (Å²) in [4.78, 5) is 32.1. The summed E-state index contributed by atoms with van der Waals surface area (Å²) in [6.45, 7) is 7.15. The van der Waals surface area contributed by atoms with E-state index in [4.69, 9.17) is 4.74 Å². The van der Waals surface area contributed by atoms with Crippen molar-refractivity contribution in [2.45, 2.75) is 33.3 Å². The first-order chi connectivity index (χ1) is 10.0. The summed E-state index contributed by atoms with van der Waals surface area (Å²) < 4.78 is 5.29. The van der Waals surface area contributed by atoms with E-state index in [9.17, 15) is 9.59 Å². The Kier molecular flexibility index (Phi) is 5.71. The number of nitrogens with zero attached hydrogens (tertiary/aromatic N) is 3. The minimum absolute atomic E-state index is 0.132. The summed E-state index contributed by atoms with van der Waals surface area (Å²) in [6, 6.07) is 0. The Morgan fingerprint density at radius 1 is 1.23 bits per heavy atom. The Balaban J connectivity index is 2.93. The number of hydrogen-bond donors (Lipinski definition) is 0. The molecule has 0 unspecified atom stereocenters. The van der Waals surface area contributed by atoms with Gasteiger partial charge in [0.1, 0.15) is 5.60 Å². The highest BCUT2D eigenvalue weighted by molar-refractivity contribution is 7.18. The maximum Gasteiger partial charge on any atom is 0.416 e. The number of anilines is 1. The van der Waals surface area contributed by atoms with E-state index in [1.54, 1.807) is 45.8 Å². The number of ether oxygens (including phenoxy) is 1. The third-order valence-electron chi connectivity index (χ3n) is 2.49. The summed E-state index contributed by atoms with van der Waals surface area (Å²) >= 11 is 1.18. The average molecular weight is 325 g/mol. The fourth-order valence-corrected chi connectivity index (χ4v) is 2.39. The van der Waals surface area contributed by atoms with Gasteiger partial charge in [-0.2, -0.15) is 0 Å². The number of carbonyl (C=O) groups is 2. The summed E-state index contributed by atoms with van der Waals surface area (Å²) in [5.41, 5.74) is 0.0221. The van der Waals surface area contributed by atoms with Crippen LogP contribution < -0.4 is 4.90 Å². The van der Waals surface area contributed by atoms with Crippen molar-refractivity contribution in [2.24, 2.45) is 0 Å². The summed E-state index contributed by atoms with van der Waals surface area (Å²) in [5.74, 6) is -0.132. The van der Waals surface area contributed by atoms with Crippen LogP contribution in [0.1, 0.15) is 36.1 Å². The number of aromatic nitrogens is 1. The van der Waals surface area contributed by atoms with Crippen molar-refractivity contribution in [1.82, 2.24) is 9.88 Å². The Bertz CT molecular complexity index is 585. The van der Waals surface area contributed by atoms with Crippen LogP contribution in [0.5, 0.6) is 0 Å². The molecule has 0 saturated heterocycles. The molecule has 122 valence electrons. The normalized spacial score (nSPS) is 11.6. The molecule has 0 spiro atoms. The highest BCUT2D eigenvalue weighted by atomic mass is 32.1.